The second-order valence-electron chi connectivity index (χ2n) is 8.50. The molecule has 11 heteroatoms. The van der Waals surface area contributed by atoms with Crippen molar-refractivity contribution in [3.8, 4) is 0 Å². The second-order valence-corrected chi connectivity index (χ2v) is 10.7. The van der Waals surface area contributed by atoms with Crippen molar-refractivity contribution >= 4 is 33.5 Å². The van der Waals surface area contributed by atoms with Crippen molar-refractivity contribution < 1.29 is 27.6 Å². The molecule has 0 radical (unpaired) electrons. The summed E-state index contributed by atoms with van der Waals surface area (Å²) in [4.78, 5) is 52.4. The molecule has 5 rings (SSSR count). The van der Waals surface area contributed by atoms with Crippen molar-refractivity contribution in [1.82, 2.24) is 20.4 Å². The van der Waals surface area contributed by atoms with E-state index in [0.29, 0.717) is 19.6 Å². The molecule has 4 heterocycles. The quantitative estimate of drug-likeness (QED) is 0.545. The maximum absolute atomic E-state index is 13.0. The number of carbonyl (C=O) groups excluding carboxylic acids is 4. The van der Waals surface area contributed by atoms with Gasteiger partial charge in [0, 0.05) is 38.1 Å². The Balaban J connectivity index is 1.37. The van der Waals surface area contributed by atoms with Crippen LogP contribution in [0.25, 0.3) is 0 Å². The first kappa shape index (κ1) is 20.3. The molecule has 0 saturated carbocycles. The number of piperidine rings is 1. The lowest BCUT2D eigenvalue weighted by Crippen LogP contribution is -2.56. The summed E-state index contributed by atoms with van der Waals surface area (Å²) in [5, 5.41) is 5.45. The fourth-order valence-corrected chi connectivity index (χ4v) is 6.98. The normalized spacial score (nSPS) is 30.3. The van der Waals surface area contributed by atoms with Crippen LogP contribution in [0.1, 0.15) is 39.1 Å². The zero-order valence-corrected chi connectivity index (χ0v) is 17.5. The molecular formula is C20H22N4O6S. The van der Waals surface area contributed by atoms with Gasteiger partial charge in [0.05, 0.1) is 22.6 Å². The Kier molecular flexibility index (Phi) is 4.72. The van der Waals surface area contributed by atoms with E-state index >= 15 is 0 Å². The van der Waals surface area contributed by atoms with Crippen molar-refractivity contribution in [3.05, 3.63) is 34.9 Å². The van der Waals surface area contributed by atoms with Crippen molar-refractivity contribution in [2.75, 3.05) is 24.6 Å². The van der Waals surface area contributed by atoms with E-state index in [0.717, 1.165) is 10.5 Å². The Bertz CT molecular complexity index is 1120. The van der Waals surface area contributed by atoms with Gasteiger partial charge in [-0.1, -0.05) is 6.07 Å². The van der Waals surface area contributed by atoms with E-state index in [1.165, 1.54) is 0 Å². The van der Waals surface area contributed by atoms with Gasteiger partial charge >= 0.3 is 0 Å². The number of nitrogens with one attached hydrogen (secondary N) is 2. The Hall–Kier alpha value is -2.63. The van der Waals surface area contributed by atoms with Gasteiger partial charge in [-0.25, -0.2) is 8.42 Å². The first-order valence-electron chi connectivity index (χ1n) is 10.3. The van der Waals surface area contributed by atoms with Gasteiger partial charge in [0.1, 0.15) is 6.04 Å². The van der Waals surface area contributed by atoms with Crippen molar-refractivity contribution in [2.24, 2.45) is 0 Å². The Morgan fingerprint density at radius 3 is 2.58 bits per heavy atom. The van der Waals surface area contributed by atoms with Crippen LogP contribution in [0.4, 0.5) is 0 Å². The summed E-state index contributed by atoms with van der Waals surface area (Å²) in [6.07, 6.45) is 0.185. The SMILES string of the molecule is O=C1CCC(N2C(=O)c3ccc(CN4CCN[C@H]5CS(=O)(=O)C[C@H]54)cc3C2=O)C(=O)N1. The maximum Gasteiger partial charge on any atom is 0.262 e. The first-order valence-corrected chi connectivity index (χ1v) is 12.1. The van der Waals surface area contributed by atoms with Gasteiger partial charge < -0.3 is 5.32 Å². The van der Waals surface area contributed by atoms with Crippen molar-refractivity contribution in [1.29, 1.82) is 0 Å². The summed E-state index contributed by atoms with van der Waals surface area (Å²) in [6, 6.07) is 3.79. The largest absolute Gasteiger partial charge is 0.310 e. The monoisotopic (exact) mass is 446 g/mol. The topological polar surface area (TPSA) is 133 Å². The second kappa shape index (κ2) is 7.21. The number of hydrogen-bond donors (Lipinski definition) is 2. The van der Waals surface area contributed by atoms with Gasteiger partial charge in [-0.05, 0) is 24.1 Å². The summed E-state index contributed by atoms with van der Waals surface area (Å²) in [6.45, 7) is 1.83. The van der Waals surface area contributed by atoms with E-state index in [1.54, 1.807) is 18.2 Å². The first-order chi connectivity index (χ1) is 14.7. The number of benzene rings is 1. The molecule has 3 saturated heterocycles. The van der Waals surface area contributed by atoms with Gasteiger partial charge in [0.25, 0.3) is 11.8 Å². The van der Waals surface area contributed by atoms with E-state index in [-0.39, 0.29) is 47.6 Å². The smallest absolute Gasteiger partial charge is 0.262 e. The zero-order chi connectivity index (χ0) is 21.9. The van der Waals surface area contributed by atoms with Crippen LogP contribution in [0.5, 0.6) is 0 Å². The van der Waals surface area contributed by atoms with Gasteiger partial charge in [0.15, 0.2) is 9.84 Å². The highest BCUT2D eigenvalue weighted by Crippen LogP contribution is 2.29. The Morgan fingerprint density at radius 2 is 1.81 bits per heavy atom. The molecule has 0 bridgehead atoms. The van der Waals surface area contributed by atoms with E-state index in [4.69, 9.17) is 0 Å². The lowest BCUT2D eigenvalue weighted by Gasteiger charge is -2.37. The highest BCUT2D eigenvalue weighted by molar-refractivity contribution is 7.91. The maximum atomic E-state index is 13.0. The number of piperazine rings is 1. The van der Waals surface area contributed by atoms with Crippen LogP contribution in [0.2, 0.25) is 0 Å². The Labute approximate surface area is 178 Å². The summed E-state index contributed by atoms with van der Waals surface area (Å²) >= 11 is 0. The molecule has 0 spiro atoms. The van der Waals surface area contributed by atoms with Crippen LogP contribution in [0.3, 0.4) is 0 Å². The lowest BCUT2D eigenvalue weighted by molar-refractivity contribution is -0.136. The molecule has 1 aromatic rings. The predicted molar refractivity (Wildman–Crippen MR) is 108 cm³/mol. The Morgan fingerprint density at radius 1 is 1.03 bits per heavy atom. The standard InChI is InChI=1S/C20H22N4O6S/c25-17-4-3-15(18(26)22-17)24-19(27)12-2-1-11(7-13(12)20(24)28)8-23-6-5-21-14-9-31(29,30)10-16(14)23/h1-2,7,14-16,21H,3-6,8-10H2,(H,22,25,26)/t14-,15?,16+/m0/s1. The molecule has 4 amide bonds. The molecule has 2 N–H and O–H groups in total. The minimum Gasteiger partial charge on any atom is -0.310 e. The van der Waals surface area contributed by atoms with Gasteiger partial charge in [-0.15, -0.1) is 0 Å². The van der Waals surface area contributed by atoms with Gasteiger partial charge in [-0.2, -0.15) is 0 Å². The van der Waals surface area contributed by atoms with Gasteiger partial charge in [-0.3, -0.25) is 34.3 Å². The highest BCUT2D eigenvalue weighted by atomic mass is 32.2. The van der Waals surface area contributed by atoms with E-state index < -0.39 is 39.5 Å². The van der Waals surface area contributed by atoms with Crippen LogP contribution >= 0.6 is 0 Å². The number of carbonyl (C=O) groups is 4. The molecule has 0 aliphatic carbocycles. The van der Waals surface area contributed by atoms with Crippen molar-refractivity contribution in [3.63, 3.8) is 0 Å². The fourth-order valence-electron chi connectivity index (χ4n) is 4.99. The summed E-state index contributed by atoms with van der Waals surface area (Å²) in [7, 11) is -3.08. The number of hydrogen-bond acceptors (Lipinski definition) is 8. The molecule has 3 atom stereocenters. The number of nitrogens with zero attached hydrogens (tertiary/aromatic N) is 2. The minimum absolute atomic E-state index is 0.0729. The van der Waals surface area contributed by atoms with Crippen LogP contribution in [0, 0.1) is 0 Å². The third-order valence-corrected chi connectivity index (χ3v) is 8.20. The van der Waals surface area contributed by atoms with Crippen molar-refractivity contribution in [2.45, 2.75) is 37.5 Å². The molecular weight excluding hydrogens is 424 g/mol. The van der Waals surface area contributed by atoms with Crippen LogP contribution in [0.15, 0.2) is 18.2 Å². The average molecular weight is 446 g/mol. The molecule has 1 unspecified atom stereocenters. The van der Waals surface area contributed by atoms with Crippen LogP contribution in [-0.2, 0) is 26.0 Å². The molecule has 4 aliphatic heterocycles. The summed E-state index contributed by atoms with van der Waals surface area (Å²) < 4.78 is 24.1. The zero-order valence-electron chi connectivity index (χ0n) is 16.7. The average Bonchev–Trinajstić information content (AvgIpc) is 3.16. The third kappa shape index (κ3) is 3.46. The predicted octanol–water partition coefficient (Wildman–Crippen LogP) is -1.34. The van der Waals surface area contributed by atoms with Crippen LogP contribution in [-0.4, -0.2) is 84.6 Å². The molecule has 4 aliphatic rings. The minimum atomic E-state index is -3.08. The molecule has 10 nitrogen and oxygen atoms in total. The summed E-state index contributed by atoms with van der Waals surface area (Å²) in [5.74, 6) is -1.89. The van der Waals surface area contributed by atoms with E-state index in [2.05, 4.69) is 15.5 Å². The number of rotatable bonds is 3. The number of fused-ring (bicyclic) bond motifs is 2. The molecule has 1 aromatic carbocycles. The molecule has 0 aromatic heterocycles. The van der Waals surface area contributed by atoms with Crippen LogP contribution < -0.4 is 10.6 Å². The fraction of sp³-hybridized carbons (Fsp3) is 0.500. The highest BCUT2D eigenvalue weighted by Gasteiger charge is 2.45. The molecule has 3 fully saturated rings. The molecule has 31 heavy (non-hydrogen) atoms. The van der Waals surface area contributed by atoms with Gasteiger partial charge in [0.2, 0.25) is 11.8 Å². The lowest BCUT2D eigenvalue weighted by atomic mass is 10.0. The summed E-state index contributed by atoms with van der Waals surface area (Å²) in [5.41, 5.74) is 1.27. The third-order valence-electron chi connectivity index (χ3n) is 6.49. The van der Waals surface area contributed by atoms with E-state index in [9.17, 15) is 27.6 Å². The number of sulfone groups is 1. The number of amides is 4. The van der Waals surface area contributed by atoms with E-state index in [1.807, 2.05) is 0 Å². The number of imide groups is 2. The molecule has 164 valence electrons.